The minimum Gasteiger partial charge on any atom is -0.301 e. The van der Waals surface area contributed by atoms with Gasteiger partial charge >= 0.3 is 0 Å². The molecule has 1 saturated carbocycles. The Hall–Kier alpha value is -0.0800. The summed E-state index contributed by atoms with van der Waals surface area (Å²) < 4.78 is 0. The standard InChI is InChI=1S/C8H17NO/c1-6-3-7(2)5-8(4-6)10-9/h6-8H,3-5,9H2,1-2H3. The molecular formula is C8H17NO. The molecule has 0 bridgehead atoms. The molecule has 0 aromatic heterocycles. The Morgan fingerprint density at radius 2 is 1.60 bits per heavy atom. The zero-order valence-electron chi connectivity index (χ0n) is 6.84. The molecular weight excluding hydrogens is 126 g/mol. The van der Waals surface area contributed by atoms with Crippen LogP contribution in [-0.2, 0) is 4.84 Å². The summed E-state index contributed by atoms with van der Waals surface area (Å²) in [5.41, 5.74) is 0. The third-order valence-electron chi connectivity index (χ3n) is 2.33. The van der Waals surface area contributed by atoms with Gasteiger partial charge in [0, 0.05) is 0 Å². The van der Waals surface area contributed by atoms with Crippen LogP contribution in [0, 0.1) is 11.8 Å². The Morgan fingerprint density at radius 1 is 1.10 bits per heavy atom. The van der Waals surface area contributed by atoms with E-state index in [9.17, 15) is 0 Å². The van der Waals surface area contributed by atoms with Crippen LogP contribution in [0.5, 0.6) is 0 Å². The van der Waals surface area contributed by atoms with Crippen LogP contribution >= 0.6 is 0 Å². The van der Waals surface area contributed by atoms with E-state index >= 15 is 0 Å². The maximum absolute atomic E-state index is 5.13. The summed E-state index contributed by atoms with van der Waals surface area (Å²) in [5, 5.41) is 0. The van der Waals surface area contributed by atoms with E-state index in [1.165, 1.54) is 6.42 Å². The van der Waals surface area contributed by atoms with Crippen molar-refractivity contribution < 1.29 is 4.84 Å². The first-order valence-electron chi connectivity index (χ1n) is 4.08. The summed E-state index contributed by atoms with van der Waals surface area (Å²) >= 11 is 0. The second kappa shape index (κ2) is 3.35. The minimum atomic E-state index is 0.318. The maximum atomic E-state index is 5.13. The second-order valence-electron chi connectivity index (χ2n) is 3.68. The predicted octanol–water partition coefficient (Wildman–Crippen LogP) is 1.70. The Labute approximate surface area is 62.7 Å². The number of hydrogen-bond donors (Lipinski definition) is 1. The molecule has 0 radical (unpaired) electrons. The molecule has 0 saturated heterocycles. The highest BCUT2D eigenvalue weighted by atomic mass is 16.6. The van der Waals surface area contributed by atoms with Gasteiger partial charge in [-0.3, -0.25) is 0 Å². The van der Waals surface area contributed by atoms with Crippen molar-refractivity contribution in [3.8, 4) is 0 Å². The van der Waals surface area contributed by atoms with Crippen LogP contribution in [0.4, 0.5) is 0 Å². The van der Waals surface area contributed by atoms with Crippen LogP contribution in [0.25, 0.3) is 0 Å². The van der Waals surface area contributed by atoms with Gasteiger partial charge in [0.15, 0.2) is 0 Å². The zero-order chi connectivity index (χ0) is 7.56. The van der Waals surface area contributed by atoms with Gasteiger partial charge in [-0.25, -0.2) is 5.90 Å². The fraction of sp³-hybridized carbons (Fsp3) is 1.00. The molecule has 0 spiro atoms. The number of hydrogen-bond acceptors (Lipinski definition) is 2. The summed E-state index contributed by atoms with van der Waals surface area (Å²) in [6.07, 6.45) is 3.93. The quantitative estimate of drug-likeness (QED) is 0.567. The molecule has 2 atom stereocenters. The van der Waals surface area contributed by atoms with Crippen molar-refractivity contribution in [3.05, 3.63) is 0 Å². The highest BCUT2D eigenvalue weighted by molar-refractivity contribution is 4.74. The molecule has 60 valence electrons. The van der Waals surface area contributed by atoms with Gasteiger partial charge in [0.05, 0.1) is 6.10 Å². The Balaban J connectivity index is 2.35. The van der Waals surface area contributed by atoms with Crippen LogP contribution < -0.4 is 5.90 Å². The zero-order valence-corrected chi connectivity index (χ0v) is 6.84. The molecule has 10 heavy (non-hydrogen) atoms. The van der Waals surface area contributed by atoms with Crippen molar-refractivity contribution in [2.75, 3.05) is 0 Å². The predicted molar refractivity (Wildman–Crippen MR) is 41.2 cm³/mol. The van der Waals surface area contributed by atoms with Crippen LogP contribution in [0.2, 0.25) is 0 Å². The summed E-state index contributed by atoms with van der Waals surface area (Å²) in [6, 6.07) is 0. The van der Waals surface area contributed by atoms with E-state index in [0.717, 1.165) is 24.7 Å². The topological polar surface area (TPSA) is 35.2 Å². The number of nitrogens with two attached hydrogens (primary N) is 1. The van der Waals surface area contributed by atoms with Gasteiger partial charge in [-0.2, -0.15) is 0 Å². The SMILES string of the molecule is CC1CC(C)CC(ON)C1. The number of rotatable bonds is 1. The third-order valence-corrected chi connectivity index (χ3v) is 2.33. The molecule has 0 amide bonds. The van der Waals surface area contributed by atoms with Gasteiger partial charge in [-0.05, 0) is 31.1 Å². The highest BCUT2D eigenvalue weighted by Crippen LogP contribution is 2.29. The normalized spacial score (nSPS) is 41.7. The maximum Gasteiger partial charge on any atom is 0.0792 e. The highest BCUT2D eigenvalue weighted by Gasteiger charge is 2.23. The lowest BCUT2D eigenvalue weighted by Gasteiger charge is -2.29. The van der Waals surface area contributed by atoms with Crippen molar-refractivity contribution in [1.29, 1.82) is 0 Å². The lowest BCUT2D eigenvalue weighted by Crippen LogP contribution is -2.28. The van der Waals surface area contributed by atoms with Crippen molar-refractivity contribution in [3.63, 3.8) is 0 Å². The van der Waals surface area contributed by atoms with Gasteiger partial charge in [-0.1, -0.05) is 13.8 Å². The van der Waals surface area contributed by atoms with E-state index in [2.05, 4.69) is 13.8 Å². The van der Waals surface area contributed by atoms with Crippen LogP contribution in [0.1, 0.15) is 33.1 Å². The fourth-order valence-electron chi connectivity index (χ4n) is 1.98. The molecule has 2 unspecified atom stereocenters. The van der Waals surface area contributed by atoms with Gasteiger partial charge in [0.2, 0.25) is 0 Å². The Kier molecular flexibility index (Phi) is 2.69. The van der Waals surface area contributed by atoms with Crippen molar-refractivity contribution >= 4 is 0 Å². The van der Waals surface area contributed by atoms with Crippen molar-refractivity contribution in [1.82, 2.24) is 0 Å². The average Bonchev–Trinajstić information content (AvgIpc) is 1.85. The van der Waals surface area contributed by atoms with Gasteiger partial charge in [0.25, 0.3) is 0 Å². The molecule has 2 nitrogen and oxygen atoms in total. The fourth-order valence-corrected chi connectivity index (χ4v) is 1.98. The Bertz CT molecular complexity index is 95.4. The smallest absolute Gasteiger partial charge is 0.0792 e. The summed E-state index contributed by atoms with van der Waals surface area (Å²) in [4.78, 5) is 4.83. The first kappa shape index (κ1) is 8.02. The first-order valence-corrected chi connectivity index (χ1v) is 4.08. The summed E-state index contributed by atoms with van der Waals surface area (Å²) in [5.74, 6) is 6.71. The van der Waals surface area contributed by atoms with Crippen LogP contribution in [-0.4, -0.2) is 6.10 Å². The van der Waals surface area contributed by atoms with Crippen LogP contribution in [0.3, 0.4) is 0 Å². The van der Waals surface area contributed by atoms with E-state index in [4.69, 9.17) is 10.7 Å². The van der Waals surface area contributed by atoms with E-state index in [1.54, 1.807) is 0 Å². The van der Waals surface area contributed by atoms with Crippen LogP contribution in [0.15, 0.2) is 0 Å². The molecule has 1 aliphatic rings. The molecule has 1 rings (SSSR count). The molecule has 0 aromatic carbocycles. The van der Waals surface area contributed by atoms with Crippen molar-refractivity contribution in [2.45, 2.75) is 39.2 Å². The Morgan fingerprint density at radius 3 is 2.00 bits per heavy atom. The van der Waals surface area contributed by atoms with Gasteiger partial charge in [-0.15, -0.1) is 0 Å². The van der Waals surface area contributed by atoms with Gasteiger partial charge < -0.3 is 4.84 Å². The minimum absolute atomic E-state index is 0.318. The van der Waals surface area contributed by atoms with E-state index in [1.807, 2.05) is 0 Å². The lowest BCUT2D eigenvalue weighted by atomic mass is 9.82. The molecule has 0 aliphatic heterocycles. The molecule has 0 aromatic rings. The largest absolute Gasteiger partial charge is 0.301 e. The average molecular weight is 143 g/mol. The van der Waals surface area contributed by atoms with Gasteiger partial charge in [0.1, 0.15) is 0 Å². The third kappa shape index (κ3) is 1.96. The van der Waals surface area contributed by atoms with Crippen molar-refractivity contribution in [2.24, 2.45) is 17.7 Å². The van der Waals surface area contributed by atoms with E-state index < -0.39 is 0 Å². The summed E-state index contributed by atoms with van der Waals surface area (Å²) in [7, 11) is 0. The molecule has 2 heteroatoms. The van der Waals surface area contributed by atoms with E-state index in [0.29, 0.717) is 6.10 Å². The lowest BCUT2D eigenvalue weighted by molar-refractivity contribution is -0.0000985. The monoisotopic (exact) mass is 143 g/mol. The summed E-state index contributed by atoms with van der Waals surface area (Å²) in [6.45, 7) is 4.53. The molecule has 0 heterocycles. The molecule has 1 fully saturated rings. The second-order valence-corrected chi connectivity index (χ2v) is 3.68. The van der Waals surface area contributed by atoms with E-state index in [-0.39, 0.29) is 0 Å². The molecule has 1 aliphatic carbocycles. The molecule has 2 N–H and O–H groups in total. The first-order chi connectivity index (χ1) is 4.72.